The average molecular weight is 196 g/mol. The number of hydrogen-bond donors (Lipinski definition) is 2. The van der Waals surface area contributed by atoms with Crippen LogP contribution in [0.25, 0.3) is 0 Å². The Bertz CT molecular complexity index is 352. The number of rotatable bonds is 2. The maximum absolute atomic E-state index is 13.1. The van der Waals surface area contributed by atoms with Crippen molar-refractivity contribution in [2.75, 3.05) is 0 Å². The number of halogens is 1. The minimum absolute atomic E-state index is 0.275. The normalized spacial score (nSPS) is 12.2. The Hall–Kier alpha value is -1.58. The molecule has 4 heteroatoms. The van der Waals surface area contributed by atoms with Crippen molar-refractivity contribution in [3.05, 3.63) is 35.1 Å². The lowest BCUT2D eigenvalue weighted by Crippen LogP contribution is -2.31. The monoisotopic (exact) mass is 196 g/mol. The summed E-state index contributed by atoms with van der Waals surface area (Å²) in [5, 5.41) is 2.48. The van der Waals surface area contributed by atoms with Crippen molar-refractivity contribution in [3.63, 3.8) is 0 Å². The summed E-state index contributed by atoms with van der Waals surface area (Å²) in [7, 11) is 0. The summed E-state index contributed by atoms with van der Waals surface area (Å²) in [5.74, 6) is -0.277. The molecule has 0 saturated heterocycles. The summed E-state index contributed by atoms with van der Waals surface area (Å²) in [6, 6.07) is 3.94. The molecule has 0 aliphatic rings. The maximum Gasteiger partial charge on any atom is 0.312 e. The van der Waals surface area contributed by atoms with E-state index in [4.69, 9.17) is 5.73 Å². The Morgan fingerprint density at radius 2 is 2.21 bits per heavy atom. The molecule has 76 valence electrons. The summed E-state index contributed by atoms with van der Waals surface area (Å²) in [6.45, 7) is 3.43. The topological polar surface area (TPSA) is 55.1 Å². The molecule has 0 aliphatic carbocycles. The van der Waals surface area contributed by atoms with Gasteiger partial charge in [-0.2, -0.15) is 0 Å². The molecule has 0 saturated carbocycles. The molecule has 1 aromatic carbocycles. The lowest BCUT2D eigenvalue weighted by molar-refractivity contribution is 0.246. The fourth-order valence-corrected chi connectivity index (χ4v) is 1.18. The van der Waals surface area contributed by atoms with Gasteiger partial charge in [-0.25, -0.2) is 9.18 Å². The number of aryl methyl sites for hydroxylation is 1. The van der Waals surface area contributed by atoms with Crippen molar-refractivity contribution >= 4 is 6.03 Å². The van der Waals surface area contributed by atoms with Crippen molar-refractivity contribution in [2.45, 2.75) is 19.9 Å². The number of hydrogen-bond acceptors (Lipinski definition) is 1. The third-order valence-electron chi connectivity index (χ3n) is 2.05. The van der Waals surface area contributed by atoms with E-state index in [0.717, 1.165) is 0 Å². The van der Waals surface area contributed by atoms with Crippen LogP contribution in [-0.2, 0) is 0 Å². The van der Waals surface area contributed by atoms with E-state index in [2.05, 4.69) is 5.32 Å². The largest absolute Gasteiger partial charge is 0.352 e. The summed E-state index contributed by atoms with van der Waals surface area (Å²) in [5.41, 5.74) is 6.24. The van der Waals surface area contributed by atoms with Gasteiger partial charge < -0.3 is 11.1 Å². The van der Waals surface area contributed by atoms with E-state index < -0.39 is 6.03 Å². The lowest BCUT2D eigenvalue weighted by atomic mass is 10.1. The minimum Gasteiger partial charge on any atom is -0.352 e. The smallest absolute Gasteiger partial charge is 0.312 e. The van der Waals surface area contributed by atoms with E-state index in [0.29, 0.717) is 11.1 Å². The van der Waals surface area contributed by atoms with Crippen LogP contribution in [0.2, 0.25) is 0 Å². The zero-order valence-electron chi connectivity index (χ0n) is 8.17. The highest BCUT2D eigenvalue weighted by Crippen LogP contribution is 2.15. The highest BCUT2D eigenvalue weighted by Gasteiger charge is 2.08. The van der Waals surface area contributed by atoms with E-state index in [1.165, 1.54) is 6.07 Å². The quantitative estimate of drug-likeness (QED) is 0.745. The number of benzene rings is 1. The van der Waals surface area contributed by atoms with Crippen LogP contribution in [0, 0.1) is 12.7 Å². The fourth-order valence-electron chi connectivity index (χ4n) is 1.18. The van der Waals surface area contributed by atoms with Gasteiger partial charge in [-0.3, -0.25) is 0 Å². The highest BCUT2D eigenvalue weighted by atomic mass is 19.1. The van der Waals surface area contributed by atoms with Crippen molar-refractivity contribution in [2.24, 2.45) is 5.73 Å². The second kappa shape index (κ2) is 4.09. The number of primary amides is 1. The van der Waals surface area contributed by atoms with Crippen LogP contribution >= 0.6 is 0 Å². The summed E-state index contributed by atoms with van der Waals surface area (Å²) in [6.07, 6.45) is 0. The summed E-state index contributed by atoms with van der Waals surface area (Å²) >= 11 is 0. The SMILES string of the molecule is Cc1ccc(C(C)NC(N)=O)cc1F. The third kappa shape index (κ3) is 2.45. The van der Waals surface area contributed by atoms with Gasteiger partial charge >= 0.3 is 6.03 Å². The van der Waals surface area contributed by atoms with Gasteiger partial charge in [0.25, 0.3) is 0 Å². The van der Waals surface area contributed by atoms with Crippen molar-refractivity contribution in [1.29, 1.82) is 0 Å². The van der Waals surface area contributed by atoms with Crippen LogP contribution in [0.3, 0.4) is 0 Å². The first-order valence-corrected chi connectivity index (χ1v) is 4.32. The molecule has 3 N–H and O–H groups in total. The first-order valence-electron chi connectivity index (χ1n) is 4.32. The second-order valence-electron chi connectivity index (χ2n) is 3.24. The summed E-state index contributed by atoms with van der Waals surface area (Å²) in [4.78, 5) is 10.6. The lowest BCUT2D eigenvalue weighted by Gasteiger charge is -2.12. The molecule has 0 aliphatic heterocycles. The first kappa shape index (κ1) is 10.5. The van der Waals surface area contributed by atoms with Gasteiger partial charge in [-0.05, 0) is 31.0 Å². The first-order chi connectivity index (χ1) is 6.50. The molecule has 2 amide bonds. The van der Waals surface area contributed by atoms with Crippen LogP contribution in [0.1, 0.15) is 24.1 Å². The molecule has 0 fully saturated rings. The van der Waals surface area contributed by atoms with E-state index in [-0.39, 0.29) is 11.9 Å². The Morgan fingerprint density at radius 3 is 2.71 bits per heavy atom. The second-order valence-corrected chi connectivity index (χ2v) is 3.24. The van der Waals surface area contributed by atoms with E-state index in [1.54, 1.807) is 26.0 Å². The predicted molar refractivity (Wildman–Crippen MR) is 52.3 cm³/mol. The van der Waals surface area contributed by atoms with Gasteiger partial charge in [0.05, 0.1) is 6.04 Å². The Morgan fingerprint density at radius 1 is 1.57 bits per heavy atom. The van der Waals surface area contributed by atoms with E-state index in [9.17, 15) is 9.18 Å². The van der Waals surface area contributed by atoms with Crippen LogP contribution in [0.15, 0.2) is 18.2 Å². The predicted octanol–water partition coefficient (Wildman–Crippen LogP) is 1.86. The van der Waals surface area contributed by atoms with Gasteiger partial charge in [0, 0.05) is 0 Å². The Balaban J connectivity index is 2.85. The molecule has 0 radical (unpaired) electrons. The Kier molecular flexibility index (Phi) is 3.06. The zero-order valence-corrected chi connectivity index (χ0v) is 8.17. The van der Waals surface area contributed by atoms with Gasteiger partial charge in [0.1, 0.15) is 5.82 Å². The molecule has 3 nitrogen and oxygen atoms in total. The molecule has 1 unspecified atom stereocenters. The molecule has 14 heavy (non-hydrogen) atoms. The van der Waals surface area contributed by atoms with E-state index in [1.807, 2.05) is 0 Å². The average Bonchev–Trinajstić information content (AvgIpc) is 2.08. The molecular formula is C10H13FN2O. The molecule has 1 rings (SSSR count). The van der Waals surface area contributed by atoms with Crippen LogP contribution in [0.4, 0.5) is 9.18 Å². The molecule has 0 bridgehead atoms. The van der Waals surface area contributed by atoms with Gasteiger partial charge in [0.15, 0.2) is 0 Å². The fraction of sp³-hybridized carbons (Fsp3) is 0.300. The number of amides is 2. The molecule has 0 spiro atoms. The van der Waals surface area contributed by atoms with Crippen LogP contribution in [0.5, 0.6) is 0 Å². The minimum atomic E-state index is -0.613. The number of nitrogens with two attached hydrogens (primary N) is 1. The number of carbonyl (C=O) groups is 1. The third-order valence-corrected chi connectivity index (χ3v) is 2.05. The number of urea groups is 1. The molecule has 0 aromatic heterocycles. The molecule has 0 heterocycles. The summed E-state index contributed by atoms with van der Waals surface area (Å²) < 4.78 is 13.1. The standard InChI is InChI=1S/C10H13FN2O/c1-6-3-4-8(5-9(6)11)7(2)13-10(12)14/h3-5,7H,1-2H3,(H3,12,13,14). The van der Waals surface area contributed by atoms with Gasteiger partial charge in [-0.1, -0.05) is 12.1 Å². The van der Waals surface area contributed by atoms with Crippen molar-refractivity contribution in [1.82, 2.24) is 5.32 Å². The molecular weight excluding hydrogens is 183 g/mol. The number of carbonyl (C=O) groups excluding carboxylic acids is 1. The van der Waals surface area contributed by atoms with Gasteiger partial charge in [0.2, 0.25) is 0 Å². The Labute approximate surface area is 82.1 Å². The highest BCUT2D eigenvalue weighted by molar-refractivity contribution is 5.72. The number of nitrogens with one attached hydrogen (secondary N) is 1. The molecule has 1 aromatic rings. The van der Waals surface area contributed by atoms with Crippen LogP contribution < -0.4 is 11.1 Å². The van der Waals surface area contributed by atoms with E-state index >= 15 is 0 Å². The van der Waals surface area contributed by atoms with Crippen molar-refractivity contribution < 1.29 is 9.18 Å². The van der Waals surface area contributed by atoms with Gasteiger partial charge in [-0.15, -0.1) is 0 Å². The van der Waals surface area contributed by atoms with Crippen molar-refractivity contribution in [3.8, 4) is 0 Å². The van der Waals surface area contributed by atoms with Crippen LogP contribution in [-0.4, -0.2) is 6.03 Å². The molecule has 1 atom stereocenters. The zero-order chi connectivity index (χ0) is 10.7. The maximum atomic E-state index is 13.1.